The maximum absolute atomic E-state index is 14.4. The van der Waals surface area contributed by atoms with E-state index in [0.717, 1.165) is 79.8 Å². The number of rotatable bonds is 11. The second-order valence-electron chi connectivity index (χ2n) is 16.2. The van der Waals surface area contributed by atoms with E-state index < -0.39 is 11.4 Å². The van der Waals surface area contributed by atoms with Crippen LogP contribution in [-0.4, -0.2) is 67.4 Å². The number of nitrogens with one attached hydrogen (secondary N) is 1. The number of fused-ring (bicyclic) bond motifs is 3. The first-order valence-electron chi connectivity index (χ1n) is 18.7. The number of hydrogen-bond acceptors (Lipinski definition) is 7. The first kappa shape index (κ1) is 32.7. The summed E-state index contributed by atoms with van der Waals surface area (Å²) in [6.45, 7) is 5.26. The number of hydrogen-bond donors (Lipinski definition) is 2. The number of aromatic nitrogens is 4. The number of nitrogens with zero attached hydrogens (tertiary/aromatic N) is 6. The molecule has 0 spiro atoms. The molecule has 0 unspecified atom stereocenters. The highest BCUT2D eigenvalue weighted by Crippen LogP contribution is 2.75. The van der Waals surface area contributed by atoms with Gasteiger partial charge in [0.2, 0.25) is 5.95 Å². The van der Waals surface area contributed by atoms with Crippen LogP contribution in [0.2, 0.25) is 0 Å². The van der Waals surface area contributed by atoms with Crippen molar-refractivity contribution in [1.82, 2.24) is 24.6 Å². The van der Waals surface area contributed by atoms with Crippen LogP contribution < -0.4 is 10.2 Å². The minimum Gasteiger partial charge on any atom is -0.481 e. The molecule has 4 heterocycles. The molecule has 1 aromatic carbocycles. The molecule has 9 nitrogen and oxygen atoms in total. The predicted molar refractivity (Wildman–Crippen MR) is 188 cm³/mol. The molecule has 0 radical (unpaired) electrons. The number of anilines is 2. The number of carbonyl (C=O) groups is 1. The van der Waals surface area contributed by atoms with E-state index in [1.54, 1.807) is 6.07 Å². The first-order chi connectivity index (χ1) is 23.6. The Morgan fingerprint density at radius 1 is 1.12 bits per heavy atom. The van der Waals surface area contributed by atoms with Crippen molar-refractivity contribution in [2.45, 2.75) is 127 Å². The molecule has 2 aromatic heterocycles. The van der Waals surface area contributed by atoms with Crippen molar-refractivity contribution in [2.75, 3.05) is 23.8 Å². The molecular formula is C39H52FN7O2. The zero-order chi connectivity index (χ0) is 34.1. The second kappa shape index (κ2) is 12.4. The molecular weight excluding hydrogens is 617 g/mol. The number of aryl methyl sites for hydroxylation is 2. The van der Waals surface area contributed by atoms with E-state index in [2.05, 4.69) is 41.1 Å². The van der Waals surface area contributed by atoms with Crippen LogP contribution in [0.1, 0.15) is 118 Å². The zero-order valence-corrected chi connectivity index (χ0v) is 29.6. The van der Waals surface area contributed by atoms with Crippen LogP contribution in [0.25, 0.3) is 0 Å². The van der Waals surface area contributed by atoms with Crippen LogP contribution in [0.3, 0.4) is 0 Å². The fraction of sp³-hybridized carbons (Fsp3) is 0.641. The number of aliphatic carboxylic acids is 1. The fourth-order valence-corrected chi connectivity index (χ4v) is 10.8. The van der Waals surface area contributed by atoms with Crippen LogP contribution in [0, 0.1) is 23.6 Å². The van der Waals surface area contributed by atoms with Gasteiger partial charge in [0.05, 0.1) is 23.3 Å². The van der Waals surface area contributed by atoms with Gasteiger partial charge in [-0.15, -0.1) is 0 Å². The number of carboxylic acids is 1. The third kappa shape index (κ3) is 5.53. The van der Waals surface area contributed by atoms with Gasteiger partial charge in [-0.25, -0.2) is 9.37 Å². The van der Waals surface area contributed by atoms with Crippen LogP contribution in [0.4, 0.5) is 16.2 Å². The summed E-state index contributed by atoms with van der Waals surface area (Å²) in [6, 6.07) is 8.48. The molecule has 3 aromatic rings. The summed E-state index contributed by atoms with van der Waals surface area (Å²) in [7, 11) is 4.11. The van der Waals surface area contributed by atoms with Crippen molar-refractivity contribution < 1.29 is 14.3 Å². The topological polar surface area (TPSA) is 99.4 Å². The Labute approximate surface area is 289 Å². The molecule has 3 saturated carbocycles. The van der Waals surface area contributed by atoms with Gasteiger partial charge in [0.25, 0.3) is 0 Å². The molecule has 9 rings (SSSR count). The molecule has 5 fully saturated rings. The quantitative estimate of drug-likeness (QED) is 0.226. The summed E-state index contributed by atoms with van der Waals surface area (Å²) in [5, 5.41) is 18.5. The fourth-order valence-electron chi connectivity index (χ4n) is 10.8. The van der Waals surface area contributed by atoms with Crippen LogP contribution >= 0.6 is 0 Å². The summed E-state index contributed by atoms with van der Waals surface area (Å²) in [4.78, 5) is 27.6. The Morgan fingerprint density at radius 3 is 2.45 bits per heavy atom. The first-order valence-corrected chi connectivity index (χ1v) is 18.7. The summed E-state index contributed by atoms with van der Waals surface area (Å²) in [5.41, 5.74) is 5.07. The van der Waals surface area contributed by atoms with Gasteiger partial charge in [-0.2, -0.15) is 10.1 Å². The van der Waals surface area contributed by atoms with Crippen molar-refractivity contribution in [3.05, 3.63) is 64.4 Å². The van der Waals surface area contributed by atoms with Gasteiger partial charge in [0.1, 0.15) is 11.6 Å². The second-order valence-corrected chi connectivity index (χ2v) is 16.2. The Hall–Kier alpha value is -3.53. The summed E-state index contributed by atoms with van der Waals surface area (Å²) >= 11 is 0. The third-order valence-electron chi connectivity index (χ3n) is 13.4. The SMILES string of the molecule is CC[C@@H](N(C)c1nc2c(c(N[C@@H](CN3C4CCCC3CCC4)c3cnn(C)c3C)n1)C[C@H](c1cccc(F)c1)CC2)C12CC(C(=O)O)(C1)C2. The Kier molecular flexibility index (Phi) is 8.24. The van der Waals surface area contributed by atoms with Crippen molar-refractivity contribution in [1.29, 1.82) is 0 Å². The minimum absolute atomic E-state index is 0.00313. The molecule has 4 aliphatic carbocycles. The van der Waals surface area contributed by atoms with E-state index >= 15 is 0 Å². The number of carboxylic acid groups (broad SMARTS) is 1. The molecule has 2 saturated heterocycles. The van der Waals surface area contributed by atoms with Crippen molar-refractivity contribution in [3.63, 3.8) is 0 Å². The van der Waals surface area contributed by atoms with E-state index in [0.29, 0.717) is 18.0 Å². The maximum atomic E-state index is 14.4. The zero-order valence-electron chi connectivity index (χ0n) is 29.6. The summed E-state index contributed by atoms with van der Waals surface area (Å²) in [6.07, 6.45) is 15.3. The van der Waals surface area contributed by atoms with Gasteiger partial charge in [-0.05, 0) is 107 Å². The average molecular weight is 670 g/mol. The standard InChI is InChI=1S/C39H52FN7O2/c1-5-34(38-21-39(22-38,23-38)36(48)49)45(3)37-43-32-16-15-26(25-9-6-10-27(40)17-25)18-30(32)35(44-37)42-33(31-19-41-46(4)24(31)2)20-47-28-11-7-12-29(47)14-8-13-28/h6,9-10,17,19,26,28-29,33-34H,5,7-8,11-16,18,20-23H2,1-4H3,(H,48,49)(H,42,43,44)/t26-,28?,29?,33+,34-,38?,39?/m1/s1. The van der Waals surface area contributed by atoms with Crippen LogP contribution in [0.15, 0.2) is 30.5 Å². The summed E-state index contributed by atoms with van der Waals surface area (Å²) in [5.74, 6) is 0.928. The predicted octanol–water partition coefficient (Wildman–Crippen LogP) is 6.96. The normalized spacial score (nSPS) is 30.0. The minimum atomic E-state index is -0.647. The molecule has 6 aliphatic rings. The lowest BCUT2D eigenvalue weighted by Crippen LogP contribution is -2.72. The van der Waals surface area contributed by atoms with Gasteiger partial charge in [0.15, 0.2) is 0 Å². The van der Waals surface area contributed by atoms with E-state index in [1.807, 2.05) is 30.1 Å². The molecule has 0 amide bonds. The van der Waals surface area contributed by atoms with Gasteiger partial charge < -0.3 is 15.3 Å². The lowest BCUT2D eigenvalue weighted by atomic mass is 9.33. The molecule has 3 atom stereocenters. The highest BCUT2D eigenvalue weighted by atomic mass is 19.1. The number of halogens is 1. The largest absolute Gasteiger partial charge is 0.481 e. The molecule has 2 N–H and O–H groups in total. The number of piperidine rings is 2. The van der Waals surface area contributed by atoms with Crippen molar-refractivity contribution in [2.24, 2.45) is 17.9 Å². The monoisotopic (exact) mass is 669 g/mol. The average Bonchev–Trinajstić information content (AvgIpc) is 3.37. The van der Waals surface area contributed by atoms with Gasteiger partial charge >= 0.3 is 5.97 Å². The molecule has 2 aliphatic heterocycles. The Morgan fingerprint density at radius 2 is 1.84 bits per heavy atom. The van der Waals surface area contributed by atoms with Crippen LogP contribution in [0.5, 0.6) is 0 Å². The van der Waals surface area contributed by atoms with E-state index in [4.69, 9.17) is 9.97 Å². The van der Waals surface area contributed by atoms with Crippen molar-refractivity contribution >= 4 is 17.7 Å². The van der Waals surface area contributed by atoms with Crippen molar-refractivity contribution in [3.8, 4) is 0 Å². The Bertz CT molecular complexity index is 1700. The Balaban J connectivity index is 1.16. The number of benzene rings is 1. The highest BCUT2D eigenvalue weighted by molar-refractivity contribution is 5.79. The highest BCUT2D eigenvalue weighted by Gasteiger charge is 2.74. The molecule has 49 heavy (non-hydrogen) atoms. The van der Waals surface area contributed by atoms with E-state index in [-0.39, 0.29) is 29.2 Å². The third-order valence-corrected chi connectivity index (χ3v) is 13.4. The maximum Gasteiger partial charge on any atom is 0.309 e. The molecule has 4 bridgehead atoms. The molecule has 262 valence electrons. The summed E-state index contributed by atoms with van der Waals surface area (Å²) < 4.78 is 16.3. The lowest BCUT2D eigenvalue weighted by Gasteiger charge is -2.71. The van der Waals surface area contributed by atoms with Crippen LogP contribution in [-0.2, 0) is 24.7 Å². The molecule has 10 heteroatoms. The lowest BCUT2D eigenvalue weighted by molar-refractivity contribution is -0.230. The smallest absolute Gasteiger partial charge is 0.309 e. The van der Waals surface area contributed by atoms with Gasteiger partial charge in [-0.3, -0.25) is 14.4 Å². The van der Waals surface area contributed by atoms with E-state index in [9.17, 15) is 14.3 Å². The van der Waals surface area contributed by atoms with E-state index in [1.165, 1.54) is 50.2 Å². The van der Waals surface area contributed by atoms with Gasteiger partial charge in [-0.1, -0.05) is 31.9 Å². The van der Waals surface area contributed by atoms with Gasteiger partial charge in [0, 0.05) is 55.6 Å².